The third-order valence-corrected chi connectivity index (χ3v) is 11.9. The Kier molecular flexibility index (Phi) is 11.0. The number of carboxylic acids is 1. The highest BCUT2D eigenvalue weighted by atomic mass is 16.6. The Hall–Kier alpha value is -1.75. The molecule has 4 saturated carbocycles. The van der Waals surface area contributed by atoms with Crippen LogP contribution in [0, 0.1) is 46.3 Å². The van der Waals surface area contributed by atoms with Crippen LogP contribution in [0.5, 0.6) is 0 Å². The van der Waals surface area contributed by atoms with E-state index in [4.69, 9.17) is 19.3 Å². The highest BCUT2D eigenvalue weighted by molar-refractivity contribution is 5.77. The van der Waals surface area contributed by atoms with Crippen LogP contribution in [0.25, 0.3) is 0 Å². The molecule has 10 heteroatoms. The number of carbonyl (C=O) groups is 3. The molecule has 0 bridgehead atoms. The molecular formula is C32H52O10. The summed E-state index contributed by atoms with van der Waals surface area (Å²) in [7, 11) is 0. The molecule has 0 amide bonds. The minimum Gasteiger partial charge on any atom is -0.481 e. The molecule has 4 N–H and O–H groups in total. The van der Waals surface area contributed by atoms with Gasteiger partial charge in [0.1, 0.15) is 12.7 Å². The molecule has 4 fully saturated rings. The van der Waals surface area contributed by atoms with E-state index in [1.807, 2.05) is 0 Å². The van der Waals surface area contributed by atoms with Crippen molar-refractivity contribution in [1.82, 2.24) is 0 Å². The Balaban J connectivity index is 1.33. The second-order valence-corrected chi connectivity index (χ2v) is 13.9. The van der Waals surface area contributed by atoms with Gasteiger partial charge >= 0.3 is 17.9 Å². The standard InChI is InChI=1S/C32H52O10/c1-19(4-7-27(36)37)22-5-6-23-30-24(18-26(35)32(22,23)3)31(2)11-10-21(16-20(31)17-25(30)34)42-29(39)9-8-28(38)41-15-14-40-13-12-33/h19-26,30,33-35H,4-18H2,1-3H3,(H,36,37)/t19-,20+,21-,22-,23+,24+,25-,26+,30+,31+,32-/m1/s1. The topological polar surface area (TPSA) is 160 Å². The maximum Gasteiger partial charge on any atom is 0.306 e. The molecular weight excluding hydrogens is 544 g/mol. The summed E-state index contributed by atoms with van der Waals surface area (Å²) in [6, 6.07) is 0. The van der Waals surface area contributed by atoms with Crippen LogP contribution in [0.3, 0.4) is 0 Å². The first-order valence-corrected chi connectivity index (χ1v) is 16.0. The molecule has 0 aromatic rings. The molecule has 4 aliphatic rings. The molecule has 240 valence electrons. The number of carbonyl (C=O) groups excluding carboxylic acids is 2. The smallest absolute Gasteiger partial charge is 0.306 e. The van der Waals surface area contributed by atoms with E-state index in [2.05, 4.69) is 20.8 Å². The molecule has 4 aliphatic carbocycles. The lowest BCUT2D eigenvalue weighted by Crippen LogP contribution is -2.62. The molecule has 0 heterocycles. The van der Waals surface area contributed by atoms with Gasteiger partial charge < -0.3 is 34.6 Å². The van der Waals surface area contributed by atoms with E-state index in [1.54, 1.807) is 0 Å². The van der Waals surface area contributed by atoms with Crippen LogP contribution >= 0.6 is 0 Å². The van der Waals surface area contributed by atoms with Gasteiger partial charge in [0.15, 0.2) is 0 Å². The fraction of sp³-hybridized carbons (Fsp3) is 0.906. The van der Waals surface area contributed by atoms with Gasteiger partial charge in [0.2, 0.25) is 0 Å². The summed E-state index contributed by atoms with van der Waals surface area (Å²) in [6.07, 6.45) is 4.83. The Morgan fingerprint density at radius 1 is 0.905 bits per heavy atom. The minimum absolute atomic E-state index is 0.0550. The molecule has 42 heavy (non-hydrogen) atoms. The van der Waals surface area contributed by atoms with Crippen LogP contribution in [-0.2, 0) is 28.6 Å². The summed E-state index contributed by atoms with van der Waals surface area (Å²) in [6.45, 7) is 6.95. The van der Waals surface area contributed by atoms with Crippen molar-refractivity contribution in [2.24, 2.45) is 46.3 Å². The number of esters is 2. The predicted octanol–water partition coefficient (Wildman–Crippen LogP) is 3.33. The van der Waals surface area contributed by atoms with E-state index >= 15 is 0 Å². The van der Waals surface area contributed by atoms with Gasteiger partial charge in [-0.2, -0.15) is 0 Å². The van der Waals surface area contributed by atoms with E-state index in [-0.39, 0.29) is 98.1 Å². The zero-order chi connectivity index (χ0) is 30.7. The van der Waals surface area contributed by atoms with Crippen LogP contribution in [0.2, 0.25) is 0 Å². The molecule has 0 aromatic carbocycles. The minimum atomic E-state index is -0.784. The first kappa shape index (κ1) is 33.1. The summed E-state index contributed by atoms with van der Waals surface area (Å²) in [5.41, 5.74) is -0.395. The summed E-state index contributed by atoms with van der Waals surface area (Å²) < 4.78 is 15.9. The normalized spacial score (nSPS) is 39.9. The maximum absolute atomic E-state index is 12.5. The fourth-order valence-electron chi connectivity index (χ4n) is 9.68. The second kappa shape index (κ2) is 13.9. The average Bonchev–Trinajstić information content (AvgIpc) is 3.30. The highest BCUT2D eigenvalue weighted by Crippen LogP contribution is 2.68. The van der Waals surface area contributed by atoms with Crippen molar-refractivity contribution in [1.29, 1.82) is 0 Å². The largest absolute Gasteiger partial charge is 0.481 e. The van der Waals surface area contributed by atoms with Crippen molar-refractivity contribution >= 4 is 17.9 Å². The number of hydrogen-bond donors (Lipinski definition) is 4. The van der Waals surface area contributed by atoms with Crippen LogP contribution in [-0.4, -0.2) is 83.1 Å². The lowest BCUT2D eigenvalue weighted by atomic mass is 9.43. The number of aliphatic hydroxyl groups is 3. The van der Waals surface area contributed by atoms with Gasteiger partial charge in [-0.05, 0) is 97.7 Å². The first-order valence-electron chi connectivity index (χ1n) is 16.0. The number of carboxylic acid groups (broad SMARTS) is 1. The lowest BCUT2D eigenvalue weighted by Gasteiger charge is -2.63. The maximum atomic E-state index is 12.5. The molecule has 0 radical (unpaired) electrons. The number of aliphatic hydroxyl groups excluding tert-OH is 3. The van der Waals surface area contributed by atoms with E-state index in [0.29, 0.717) is 25.7 Å². The fourth-order valence-corrected chi connectivity index (χ4v) is 9.68. The van der Waals surface area contributed by atoms with Crippen molar-refractivity contribution in [3.8, 4) is 0 Å². The van der Waals surface area contributed by atoms with Gasteiger partial charge in [-0.1, -0.05) is 20.8 Å². The van der Waals surface area contributed by atoms with Gasteiger partial charge in [-0.3, -0.25) is 14.4 Å². The van der Waals surface area contributed by atoms with E-state index < -0.39 is 30.1 Å². The molecule has 11 atom stereocenters. The molecule has 0 unspecified atom stereocenters. The monoisotopic (exact) mass is 596 g/mol. The zero-order valence-electron chi connectivity index (χ0n) is 25.5. The van der Waals surface area contributed by atoms with Gasteiger partial charge in [-0.25, -0.2) is 0 Å². The van der Waals surface area contributed by atoms with Gasteiger partial charge in [-0.15, -0.1) is 0 Å². The summed E-state index contributed by atoms with van der Waals surface area (Å²) in [4.78, 5) is 35.7. The van der Waals surface area contributed by atoms with Crippen molar-refractivity contribution in [3.63, 3.8) is 0 Å². The van der Waals surface area contributed by atoms with E-state index in [0.717, 1.165) is 25.7 Å². The van der Waals surface area contributed by atoms with Crippen LogP contribution < -0.4 is 0 Å². The number of ether oxygens (including phenoxy) is 3. The number of aliphatic carboxylic acids is 1. The van der Waals surface area contributed by atoms with Crippen LogP contribution in [0.4, 0.5) is 0 Å². The Morgan fingerprint density at radius 2 is 1.64 bits per heavy atom. The molecule has 10 nitrogen and oxygen atoms in total. The molecule has 0 saturated heterocycles. The first-order chi connectivity index (χ1) is 19.9. The van der Waals surface area contributed by atoms with Crippen molar-refractivity contribution in [2.75, 3.05) is 26.4 Å². The third kappa shape index (κ3) is 6.81. The van der Waals surface area contributed by atoms with Gasteiger partial charge in [0, 0.05) is 6.42 Å². The molecule has 0 aromatic heterocycles. The number of hydrogen-bond acceptors (Lipinski definition) is 9. The van der Waals surface area contributed by atoms with Gasteiger partial charge in [0.05, 0.1) is 44.9 Å². The van der Waals surface area contributed by atoms with E-state index in [9.17, 15) is 29.7 Å². The predicted molar refractivity (Wildman–Crippen MR) is 152 cm³/mol. The van der Waals surface area contributed by atoms with Gasteiger partial charge in [0.25, 0.3) is 0 Å². The highest BCUT2D eigenvalue weighted by Gasteiger charge is 2.65. The SMILES string of the molecule is C[C@H](CCC(=O)O)[C@H]1CC[C@H]2[C@@H]3[C@H](O)C[C@@H]4C[C@H](OC(=O)CCC(=O)OCCOCCO)CC[C@]4(C)[C@H]3C[C@H](O)[C@]12C. The Bertz CT molecular complexity index is 956. The average molecular weight is 597 g/mol. The Labute approximate surface area is 249 Å². The molecule has 0 spiro atoms. The number of fused-ring (bicyclic) bond motifs is 5. The lowest BCUT2D eigenvalue weighted by molar-refractivity contribution is -0.209. The number of rotatable bonds is 13. The molecule has 4 rings (SSSR count). The summed E-state index contributed by atoms with van der Waals surface area (Å²) in [5.74, 6) is -0.606. The quantitative estimate of drug-likeness (QED) is 0.183. The zero-order valence-corrected chi connectivity index (χ0v) is 25.5. The summed E-state index contributed by atoms with van der Waals surface area (Å²) in [5, 5.41) is 41.2. The summed E-state index contributed by atoms with van der Waals surface area (Å²) >= 11 is 0. The van der Waals surface area contributed by atoms with Crippen LogP contribution in [0.1, 0.15) is 91.4 Å². The van der Waals surface area contributed by atoms with Crippen molar-refractivity contribution < 1.29 is 49.0 Å². The second-order valence-electron chi connectivity index (χ2n) is 13.9. The third-order valence-electron chi connectivity index (χ3n) is 11.9. The Morgan fingerprint density at radius 3 is 2.36 bits per heavy atom. The molecule has 0 aliphatic heterocycles. The van der Waals surface area contributed by atoms with Crippen molar-refractivity contribution in [2.45, 2.75) is 110 Å². The van der Waals surface area contributed by atoms with Crippen LogP contribution in [0.15, 0.2) is 0 Å². The van der Waals surface area contributed by atoms with Crippen molar-refractivity contribution in [3.05, 3.63) is 0 Å². The van der Waals surface area contributed by atoms with E-state index in [1.165, 1.54) is 0 Å².